The highest BCUT2D eigenvalue weighted by atomic mass is 16.6. The maximum Gasteiger partial charge on any atom is 0.407 e. The Hall–Kier alpha value is -0.930. The molecule has 1 aliphatic heterocycles. The molecular formula is C16H34N4O4. The van der Waals surface area contributed by atoms with E-state index in [2.05, 4.69) is 21.3 Å². The minimum absolute atomic E-state index is 0.334. The first-order chi connectivity index (χ1) is 11.8. The second-order valence-electron chi connectivity index (χ2n) is 5.85. The van der Waals surface area contributed by atoms with Gasteiger partial charge >= 0.3 is 6.09 Å². The van der Waals surface area contributed by atoms with E-state index in [1.165, 1.54) is 0 Å². The molecule has 142 valence electrons. The van der Waals surface area contributed by atoms with E-state index in [0.717, 1.165) is 52.2 Å². The van der Waals surface area contributed by atoms with Crippen LogP contribution in [0.1, 0.15) is 19.3 Å². The summed E-state index contributed by atoms with van der Waals surface area (Å²) >= 11 is 0. The molecule has 0 unspecified atom stereocenters. The Kier molecular flexibility index (Phi) is 13.7. The molecule has 1 rings (SSSR count). The lowest BCUT2D eigenvalue weighted by molar-refractivity contribution is 0.0231. The van der Waals surface area contributed by atoms with E-state index in [1.807, 2.05) is 7.05 Å². The van der Waals surface area contributed by atoms with Gasteiger partial charge in [-0.05, 0) is 32.9 Å². The van der Waals surface area contributed by atoms with Crippen LogP contribution in [0.25, 0.3) is 0 Å². The van der Waals surface area contributed by atoms with Crippen LogP contribution in [-0.4, -0.2) is 79.0 Å². The van der Waals surface area contributed by atoms with Crippen molar-refractivity contribution in [3.8, 4) is 0 Å². The molecule has 8 heteroatoms. The third-order valence-corrected chi connectivity index (χ3v) is 3.66. The predicted octanol–water partition coefficient (Wildman–Crippen LogP) is -0.0980. The van der Waals surface area contributed by atoms with E-state index in [9.17, 15) is 4.79 Å². The molecule has 8 nitrogen and oxygen atoms in total. The quantitative estimate of drug-likeness (QED) is 0.258. The third-order valence-electron chi connectivity index (χ3n) is 3.66. The maximum absolute atomic E-state index is 11.5. The lowest BCUT2D eigenvalue weighted by atomic mass is 10.0. The minimum atomic E-state index is -0.376. The van der Waals surface area contributed by atoms with Gasteiger partial charge in [-0.3, -0.25) is 0 Å². The number of carbonyl (C=O) groups excluding carboxylic acids is 1. The number of carbonyl (C=O) groups is 1. The van der Waals surface area contributed by atoms with Gasteiger partial charge in [0.05, 0.1) is 19.8 Å². The first-order valence-electron chi connectivity index (χ1n) is 8.95. The fourth-order valence-electron chi connectivity index (χ4n) is 2.29. The van der Waals surface area contributed by atoms with Crippen LogP contribution in [0.4, 0.5) is 4.79 Å². The third kappa shape index (κ3) is 12.5. The SMILES string of the molecule is CNCCNCNCCCOCCNC(=O)OC[C@@H]1CCCOC1. The molecule has 1 heterocycles. The lowest BCUT2D eigenvalue weighted by Gasteiger charge is -2.21. The Balaban J connectivity index is 1.77. The van der Waals surface area contributed by atoms with E-state index in [1.54, 1.807) is 0 Å². The van der Waals surface area contributed by atoms with Gasteiger partial charge in [-0.25, -0.2) is 4.79 Å². The highest BCUT2D eigenvalue weighted by Gasteiger charge is 2.15. The number of likely N-dealkylation sites (N-methyl/N-ethyl adjacent to an activating group) is 1. The van der Waals surface area contributed by atoms with Gasteiger partial charge in [0.25, 0.3) is 0 Å². The summed E-state index contributed by atoms with van der Waals surface area (Å²) in [6.07, 6.45) is 2.68. The van der Waals surface area contributed by atoms with Crippen molar-refractivity contribution in [2.75, 3.05) is 72.9 Å². The fourth-order valence-corrected chi connectivity index (χ4v) is 2.29. The standard InChI is InChI=1S/C16H34N4O4/c1-17-6-7-19-14-18-5-3-10-22-11-8-20-16(21)24-13-15-4-2-9-23-12-15/h15,17-19H,2-14H2,1H3,(H,20,21)/t15-/m1/s1. The first-order valence-corrected chi connectivity index (χ1v) is 8.95. The molecule has 24 heavy (non-hydrogen) atoms. The van der Waals surface area contributed by atoms with E-state index in [-0.39, 0.29) is 6.09 Å². The van der Waals surface area contributed by atoms with E-state index in [4.69, 9.17) is 14.2 Å². The number of nitrogens with one attached hydrogen (secondary N) is 4. The molecule has 0 radical (unpaired) electrons. The van der Waals surface area contributed by atoms with Gasteiger partial charge in [0, 0.05) is 45.4 Å². The molecule has 4 N–H and O–H groups in total. The average molecular weight is 346 g/mol. The number of rotatable bonds is 14. The molecule has 0 aliphatic carbocycles. The molecule has 0 aromatic heterocycles. The highest BCUT2D eigenvalue weighted by molar-refractivity contribution is 5.67. The minimum Gasteiger partial charge on any atom is -0.449 e. The zero-order chi connectivity index (χ0) is 17.3. The molecule has 1 amide bonds. The molecule has 0 bridgehead atoms. The molecule has 1 fully saturated rings. The van der Waals surface area contributed by atoms with Gasteiger partial charge in [-0.1, -0.05) is 0 Å². The first kappa shape index (κ1) is 21.1. The average Bonchev–Trinajstić information content (AvgIpc) is 2.62. The zero-order valence-corrected chi connectivity index (χ0v) is 14.9. The number of alkyl carbamates (subject to hydrolysis) is 1. The summed E-state index contributed by atoms with van der Waals surface area (Å²) in [6.45, 7) is 7.23. The summed E-state index contributed by atoms with van der Waals surface area (Å²) < 4.78 is 16.0. The number of ether oxygens (including phenoxy) is 3. The molecule has 0 spiro atoms. The Morgan fingerprint density at radius 3 is 2.83 bits per heavy atom. The Labute approximate surface area is 145 Å². The van der Waals surface area contributed by atoms with Crippen molar-refractivity contribution in [2.24, 2.45) is 5.92 Å². The Bertz CT molecular complexity index is 302. The van der Waals surface area contributed by atoms with Crippen molar-refractivity contribution in [3.05, 3.63) is 0 Å². The van der Waals surface area contributed by atoms with E-state index >= 15 is 0 Å². The molecule has 0 aromatic rings. The normalized spacial score (nSPS) is 17.6. The maximum atomic E-state index is 11.5. The van der Waals surface area contributed by atoms with Crippen LogP contribution in [0, 0.1) is 5.92 Å². The highest BCUT2D eigenvalue weighted by Crippen LogP contribution is 2.13. The molecular weight excluding hydrogens is 312 g/mol. The van der Waals surface area contributed by atoms with Crippen LogP contribution < -0.4 is 21.3 Å². The van der Waals surface area contributed by atoms with Crippen molar-refractivity contribution in [1.29, 1.82) is 0 Å². The predicted molar refractivity (Wildman–Crippen MR) is 93.1 cm³/mol. The Morgan fingerprint density at radius 2 is 2.04 bits per heavy atom. The zero-order valence-electron chi connectivity index (χ0n) is 14.9. The molecule has 1 aliphatic rings. The summed E-state index contributed by atoms with van der Waals surface area (Å²) in [5.41, 5.74) is 0. The van der Waals surface area contributed by atoms with Gasteiger partial charge < -0.3 is 35.5 Å². The molecule has 0 saturated carbocycles. The summed E-state index contributed by atoms with van der Waals surface area (Å²) in [6, 6.07) is 0. The van der Waals surface area contributed by atoms with Crippen LogP contribution in [0.5, 0.6) is 0 Å². The van der Waals surface area contributed by atoms with Gasteiger partial charge in [-0.15, -0.1) is 0 Å². The second kappa shape index (κ2) is 15.6. The largest absolute Gasteiger partial charge is 0.449 e. The van der Waals surface area contributed by atoms with Crippen LogP contribution >= 0.6 is 0 Å². The second-order valence-corrected chi connectivity index (χ2v) is 5.85. The van der Waals surface area contributed by atoms with E-state index in [0.29, 0.717) is 38.9 Å². The molecule has 1 atom stereocenters. The Morgan fingerprint density at radius 1 is 1.17 bits per heavy atom. The van der Waals surface area contributed by atoms with Gasteiger partial charge in [0.15, 0.2) is 0 Å². The van der Waals surface area contributed by atoms with Crippen molar-refractivity contribution in [2.45, 2.75) is 19.3 Å². The van der Waals surface area contributed by atoms with Crippen molar-refractivity contribution >= 4 is 6.09 Å². The number of hydrogen-bond donors (Lipinski definition) is 4. The van der Waals surface area contributed by atoms with Crippen LogP contribution in [0.15, 0.2) is 0 Å². The van der Waals surface area contributed by atoms with Gasteiger partial charge in [0.2, 0.25) is 0 Å². The van der Waals surface area contributed by atoms with Crippen LogP contribution in [0.2, 0.25) is 0 Å². The summed E-state index contributed by atoms with van der Waals surface area (Å²) in [4.78, 5) is 11.5. The number of hydrogen-bond acceptors (Lipinski definition) is 7. The van der Waals surface area contributed by atoms with Gasteiger partial charge in [-0.2, -0.15) is 0 Å². The van der Waals surface area contributed by atoms with Crippen molar-refractivity contribution in [3.63, 3.8) is 0 Å². The van der Waals surface area contributed by atoms with Crippen molar-refractivity contribution in [1.82, 2.24) is 21.3 Å². The molecule has 1 saturated heterocycles. The lowest BCUT2D eigenvalue weighted by Crippen LogP contribution is -2.34. The number of amides is 1. The monoisotopic (exact) mass is 346 g/mol. The molecule has 0 aromatic carbocycles. The summed E-state index contributed by atoms with van der Waals surface area (Å²) in [5.74, 6) is 0.334. The van der Waals surface area contributed by atoms with Crippen molar-refractivity contribution < 1.29 is 19.0 Å². The fraction of sp³-hybridized carbons (Fsp3) is 0.938. The van der Waals surface area contributed by atoms with E-state index < -0.39 is 0 Å². The summed E-state index contributed by atoms with van der Waals surface area (Å²) in [7, 11) is 1.94. The topological polar surface area (TPSA) is 92.9 Å². The van der Waals surface area contributed by atoms with Crippen LogP contribution in [-0.2, 0) is 14.2 Å². The van der Waals surface area contributed by atoms with Crippen LogP contribution in [0.3, 0.4) is 0 Å². The van der Waals surface area contributed by atoms with Gasteiger partial charge in [0.1, 0.15) is 0 Å². The summed E-state index contributed by atoms with van der Waals surface area (Å²) in [5, 5.41) is 12.3. The smallest absolute Gasteiger partial charge is 0.407 e.